The lowest BCUT2D eigenvalue weighted by atomic mass is 10.2. The van der Waals surface area contributed by atoms with E-state index in [0.29, 0.717) is 23.9 Å². The Hall–Kier alpha value is -1.29. The van der Waals surface area contributed by atoms with E-state index >= 15 is 0 Å². The molecule has 0 unspecified atom stereocenters. The predicted octanol–water partition coefficient (Wildman–Crippen LogP) is 1.54. The summed E-state index contributed by atoms with van der Waals surface area (Å²) >= 11 is 0. The Morgan fingerprint density at radius 1 is 1.62 bits per heavy atom. The molecule has 2 rings (SSSR count). The van der Waals surface area contributed by atoms with Crippen LogP contribution in [-0.4, -0.2) is 29.9 Å². The Kier molecular flexibility index (Phi) is 3.29. The third-order valence-electron chi connectivity index (χ3n) is 2.94. The molecule has 0 atom stereocenters. The number of carbonyl (C=O) groups is 1. The van der Waals surface area contributed by atoms with Gasteiger partial charge in [-0.1, -0.05) is 0 Å². The van der Waals surface area contributed by atoms with E-state index in [4.69, 9.17) is 10.2 Å². The monoisotopic (exact) mass is 222 g/mol. The summed E-state index contributed by atoms with van der Waals surface area (Å²) in [5, 5.41) is 0. The van der Waals surface area contributed by atoms with E-state index in [2.05, 4.69) is 0 Å². The van der Waals surface area contributed by atoms with E-state index in [1.807, 2.05) is 11.8 Å². The first-order valence-corrected chi connectivity index (χ1v) is 5.79. The SMILES string of the molecule is Cc1occc1C(=O)N(CCCN)C1CC1. The number of hydrogen-bond donors (Lipinski definition) is 1. The van der Waals surface area contributed by atoms with Crippen LogP contribution in [0, 0.1) is 6.92 Å². The van der Waals surface area contributed by atoms with Crippen molar-refractivity contribution in [2.24, 2.45) is 5.73 Å². The van der Waals surface area contributed by atoms with Crippen molar-refractivity contribution in [2.45, 2.75) is 32.2 Å². The molecule has 1 aromatic rings. The van der Waals surface area contributed by atoms with Gasteiger partial charge in [0, 0.05) is 12.6 Å². The fraction of sp³-hybridized carbons (Fsp3) is 0.583. The van der Waals surface area contributed by atoms with Gasteiger partial charge in [0.15, 0.2) is 0 Å². The Bertz CT molecular complexity index is 369. The highest BCUT2D eigenvalue weighted by molar-refractivity contribution is 5.95. The van der Waals surface area contributed by atoms with Gasteiger partial charge in [0.05, 0.1) is 11.8 Å². The lowest BCUT2D eigenvalue weighted by Crippen LogP contribution is -2.35. The van der Waals surface area contributed by atoms with Gasteiger partial charge in [0.25, 0.3) is 5.91 Å². The number of hydrogen-bond acceptors (Lipinski definition) is 3. The van der Waals surface area contributed by atoms with Gasteiger partial charge in [-0.05, 0) is 38.8 Å². The van der Waals surface area contributed by atoms with Crippen molar-refractivity contribution in [3.05, 3.63) is 23.7 Å². The molecule has 16 heavy (non-hydrogen) atoms. The largest absolute Gasteiger partial charge is 0.469 e. The molecule has 0 aromatic carbocycles. The minimum Gasteiger partial charge on any atom is -0.469 e. The highest BCUT2D eigenvalue weighted by atomic mass is 16.3. The highest BCUT2D eigenvalue weighted by Crippen LogP contribution is 2.29. The standard InChI is InChI=1S/C12H18N2O2/c1-9-11(5-8-16-9)12(15)14(7-2-6-13)10-3-4-10/h5,8,10H,2-4,6-7,13H2,1H3. The van der Waals surface area contributed by atoms with Crippen LogP contribution in [0.5, 0.6) is 0 Å². The number of rotatable bonds is 5. The minimum absolute atomic E-state index is 0.0854. The van der Waals surface area contributed by atoms with Gasteiger partial charge in [0.2, 0.25) is 0 Å². The van der Waals surface area contributed by atoms with Crippen LogP contribution in [0.3, 0.4) is 0 Å². The molecule has 0 bridgehead atoms. The number of aryl methyl sites for hydroxylation is 1. The molecule has 1 aliphatic rings. The first-order chi connectivity index (χ1) is 7.74. The molecule has 88 valence electrons. The summed E-state index contributed by atoms with van der Waals surface area (Å²) in [6.07, 6.45) is 4.66. The average Bonchev–Trinajstić information content (AvgIpc) is 3.01. The Balaban J connectivity index is 2.08. The van der Waals surface area contributed by atoms with E-state index in [9.17, 15) is 4.79 Å². The third-order valence-corrected chi connectivity index (χ3v) is 2.94. The number of nitrogens with zero attached hydrogens (tertiary/aromatic N) is 1. The molecule has 1 aromatic heterocycles. The molecule has 1 heterocycles. The van der Waals surface area contributed by atoms with E-state index in [-0.39, 0.29) is 5.91 Å². The topological polar surface area (TPSA) is 59.5 Å². The van der Waals surface area contributed by atoms with Crippen molar-refractivity contribution in [3.8, 4) is 0 Å². The van der Waals surface area contributed by atoms with Gasteiger partial charge in [-0.2, -0.15) is 0 Å². The summed E-state index contributed by atoms with van der Waals surface area (Å²) in [7, 11) is 0. The van der Waals surface area contributed by atoms with Crippen LogP contribution in [0.4, 0.5) is 0 Å². The molecule has 2 N–H and O–H groups in total. The smallest absolute Gasteiger partial charge is 0.257 e. The Morgan fingerprint density at radius 3 is 2.88 bits per heavy atom. The third kappa shape index (κ3) is 2.27. The molecule has 0 aliphatic heterocycles. The normalized spacial score (nSPS) is 15.1. The fourth-order valence-electron chi connectivity index (χ4n) is 1.86. The maximum absolute atomic E-state index is 12.2. The van der Waals surface area contributed by atoms with Crippen molar-refractivity contribution in [1.29, 1.82) is 0 Å². The van der Waals surface area contributed by atoms with E-state index in [0.717, 1.165) is 25.8 Å². The molecular weight excluding hydrogens is 204 g/mol. The fourth-order valence-corrected chi connectivity index (χ4v) is 1.86. The van der Waals surface area contributed by atoms with Crippen LogP contribution in [0.15, 0.2) is 16.7 Å². The molecule has 1 amide bonds. The second-order valence-electron chi connectivity index (χ2n) is 4.26. The van der Waals surface area contributed by atoms with Crippen LogP contribution < -0.4 is 5.73 Å². The maximum atomic E-state index is 12.2. The van der Waals surface area contributed by atoms with Gasteiger partial charge >= 0.3 is 0 Å². The molecule has 0 saturated heterocycles. The zero-order chi connectivity index (χ0) is 11.5. The van der Waals surface area contributed by atoms with Crippen molar-refractivity contribution in [1.82, 2.24) is 4.90 Å². The van der Waals surface area contributed by atoms with E-state index in [1.165, 1.54) is 0 Å². The van der Waals surface area contributed by atoms with Crippen molar-refractivity contribution in [3.63, 3.8) is 0 Å². The summed E-state index contributed by atoms with van der Waals surface area (Å²) in [5.74, 6) is 0.783. The molecule has 0 spiro atoms. The zero-order valence-corrected chi connectivity index (χ0v) is 9.61. The lowest BCUT2D eigenvalue weighted by Gasteiger charge is -2.21. The maximum Gasteiger partial charge on any atom is 0.257 e. The van der Waals surface area contributed by atoms with Crippen LogP contribution in [0.2, 0.25) is 0 Å². The summed E-state index contributed by atoms with van der Waals surface area (Å²) in [6.45, 7) is 3.20. The Morgan fingerprint density at radius 2 is 2.38 bits per heavy atom. The molecule has 4 nitrogen and oxygen atoms in total. The van der Waals surface area contributed by atoms with Crippen molar-refractivity contribution in [2.75, 3.05) is 13.1 Å². The second-order valence-corrected chi connectivity index (χ2v) is 4.26. The molecule has 1 aliphatic carbocycles. The van der Waals surface area contributed by atoms with Gasteiger partial charge in [0.1, 0.15) is 5.76 Å². The average molecular weight is 222 g/mol. The first-order valence-electron chi connectivity index (χ1n) is 5.79. The number of nitrogens with two attached hydrogens (primary N) is 1. The first kappa shape index (κ1) is 11.2. The van der Waals surface area contributed by atoms with E-state index < -0.39 is 0 Å². The molecular formula is C12H18N2O2. The highest BCUT2D eigenvalue weighted by Gasteiger charge is 2.33. The number of furan rings is 1. The predicted molar refractivity (Wildman–Crippen MR) is 61.2 cm³/mol. The van der Waals surface area contributed by atoms with E-state index in [1.54, 1.807) is 12.3 Å². The van der Waals surface area contributed by atoms with Crippen molar-refractivity contribution >= 4 is 5.91 Å². The van der Waals surface area contributed by atoms with Gasteiger partial charge in [-0.3, -0.25) is 4.79 Å². The summed E-state index contributed by atoms with van der Waals surface area (Å²) in [5.41, 5.74) is 6.17. The van der Waals surface area contributed by atoms with Crippen LogP contribution in [-0.2, 0) is 0 Å². The second kappa shape index (κ2) is 4.70. The summed E-state index contributed by atoms with van der Waals surface area (Å²) in [6, 6.07) is 2.17. The lowest BCUT2D eigenvalue weighted by molar-refractivity contribution is 0.0740. The van der Waals surface area contributed by atoms with Gasteiger partial charge < -0.3 is 15.1 Å². The molecule has 4 heteroatoms. The summed E-state index contributed by atoms with van der Waals surface area (Å²) < 4.78 is 5.17. The zero-order valence-electron chi connectivity index (χ0n) is 9.61. The van der Waals surface area contributed by atoms with Gasteiger partial charge in [-0.25, -0.2) is 0 Å². The summed E-state index contributed by atoms with van der Waals surface area (Å²) in [4.78, 5) is 14.2. The van der Waals surface area contributed by atoms with Crippen LogP contribution >= 0.6 is 0 Å². The van der Waals surface area contributed by atoms with Gasteiger partial charge in [-0.15, -0.1) is 0 Å². The van der Waals surface area contributed by atoms with Crippen LogP contribution in [0.25, 0.3) is 0 Å². The molecule has 0 radical (unpaired) electrons. The van der Waals surface area contributed by atoms with Crippen molar-refractivity contribution < 1.29 is 9.21 Å². The number of carbonyl (C=O) groups excluding carboxylic acids is 1. The Labute approximate surface area is 95.4 Å². The minimum atomic E-state index is 0.0854. The molecule has 1 saturated carbocycles. The molecule has 1 fully saturated rings. The van der Waals surface area contributed by atoms with Crippen LogP contribution in [0.1, 0.15) is 35.4 Å². The number of amides is 1. The quantitative estimate of drug-likeness (QED) is 0.822.